The Balaban J connectivity index is 1.50. The molecule has 1 aromatic heterocycles. The number of piperidine rings is 1. The molecular formula is C23H25FN2O2S2. The number of sulfone groups is 1. The van der Waals surface area contributed by atoms with Crippen molar-refractivity contribution in [1.29, 1.82) is 0 Å². The lowest BCUT2D eigenvalue weighted by Crippen LogP contribution is -2.39. The summed E-state index contributed by atoms with van der Waals surface area (Å²) in [4.78, 5) is 7.10. The molecular weight excluding hydrogens is 419 g/mol. The van der Waals surface area contributed by atoms with E-state index in [1.165, 1.54) is 23.3 Å². The van der Waals surface area contributed by atoms with E-state index in [0.717, 1.165) is 22.5 Å². The zero-order valence-corrected chi connectivity index (χ0v) is 19.0. The molecule has 1 aliphatic heterocycles. The van der Waals surface area contributed by atoms with Gasteiger partial charge < -0.3 is 4.90 Å². The van der Waals surface area contributed by atoms with Crippen LogP contribution in [-0.2, 0) is 9.84 Å². The molecule has 0 bridgehead atoms. The predicted octanol–water partition coefficient (Wildman–Crippen LogP) is 5.32. The Kier molecular flexibility index (Phi) is 5.68. The van der Waals surface area contributed by atoms with Gasteiger partial charge in [-0.3, -0.25) is 0 Å². The first kappa shape index (κ1) is 21.0. The van der Waals surface area contributed by atoms with E-state index in [1.807, 2.05) is 0 Å². The molecule has 0 unspecified atom stereocenters. The van der Waals surface area contributed by atoms with Crippen LogP contribution in [0.5, 0.6) is 0 Å². The fourth-order valence-corrected chi connectivity index (χ4v) is 6.83. The van der Waals surface area contributed by atoms with Gasteiger partial charge >= 0.3 is 0 Å². The third kappa shape index (κ3) is 4.01. The largest absolute Gasteiger partial charge is 0.348 e. The van der Waals surface area contributed by atoms with Gasteiger partial charge in [-0.05, 0) is 62.9 Å². The molecule has 0 N–H and O–H groups in total. The molecule has 158 valence electrons. The molecule has 4 nitrogen and oxygen atoms in total. The van der Waals surface area contributed by atoms with E-state index in [-0.39, 0.29) is 4.90 Å². The number of hydrogen-bond acceptors (Lipinski definition) is 5. The van der Waals surface area contributed by atoms with Gasteiger partial charge in [0.05, 0.1) is 15.8 Å². The zero-order chi connectivity index (χ0) is 21.5. The normalized spacial score (nSPS) is 15.5. The predicted molar refractivity (Wildman–Crippen MR) is 121 cm³/mol. The van der Waals surface area contributed by atoms with Crippen molar-refractivity contribution < 1.29 is 12.8 Å². The molecule has 4 rings (SSSR count). The first-order valence-electron chi connectivity index (χ1n) is 10.0. The summed E-state index contributed by atoms with van der Waals surface area (Å²) in [5.74, 6) is -0.515. The molecule has 7 heteroatoms. The quantitative estimate of drug-likeness (QED) is 0.547. The molecule has 1 aliphatic rings. The van der Waals surface area contributed by atoms with Crippen LogP contribution in [-0.4, -0.2) is 31.7 Å². The van der Waals surface area contributed by atoms with Crippen molar-refractivity contribution in [1.82, 2.24) is 4.98 Å². The summed E-state index contributed by atoms with van der Waals surface area (Å²) in [7, 11) is -3.55. The number of aromatic nitrogens is 1. The molecule has 0 radical (unpaired) electrons. The van der Waals surface area contributed by atoms with E-state index in [4.69, 9.17) is 4.98 Å². The maximum absolute atomic E-state index is 13.6. The molecule has 0 aliphatic carbocycles. The van der Waals surface area contributed by atoms with Gasteiger partial charge in [0.25, 0.3) is 0 Å². The smallest absolute Gasteiger partial charge is 0.185 e. The number of anilines is 1. The molecule has 0 saturated carbocycles. The molecule has 3 aromatic rings. The summed E-state index contributed by atoms with van der Waals surface area (Å²) in [6.07, 6.45) is 1.02. The Morgan fingerprint density at radius 2 is 1.73 bits per heavy atom. The molecule has 1 fully saturated rings. The Hall–Kier alpha value is -2.25. The lowest BCUT2D eigenvalue weighted by Gasteiger charge is -2.31. The van der Waals surface area contributed by atoms with Crippen LogP contribution in [0.4, 0.5) is 9.52 Å². The van der Waals surface area contributed by atoms with Crippen molar-refractivity contribution in [2.24, 2.45) is 0 Å². The molecule has 0 amide bonds. The summed E-state index contributed by atoms with van der Waals surface area (Å²) in [5, 5.41) is 2.49. The van der Waals surface area contributed by atoms with Crippen molar-refractivity contribution >= 4 is 26.3 Å². The SMILES string of the molecule is Cc1ccc(C)c(-c2csc(N3CCC(S(=O)(=O)c4cc(F)ccc4C)CC3)n2)c1. The number of aryl methyl sites for hydroxylation is 3. The molecule has 30 heavy (non-hydrogen) atoms. The molecule has 2 aromatic carbocycles. The van der Waals surface area contributed by atoms with Crippen LogP contribution in [0.3, 0.4) is 0 Å². The van der Waals surface area contributed by atoms with Crippen LogP contribution in [0.15, 0.2) is 46.7 Å². The van der Waals surface area contributed by atoms with Gasteiger partial charge in [0.1, 0.15) is 5.82 Å². The minimum absolute atomic E-state index is 0.118. The highest BCUT2D eigenvalue weighted by atomic mass is 32.2. The number of rotatable bonds is 4. The summed E-state index contributed by atoms with van der Waals surface area (Å²) in [5.41, 5.74) is 5.08. The minimum atomic E-state index is -3.55. The third-order valence-electron chi connectivity index (χ3n) is 5.77. The van der Waals surface area contributed by atoms with E-state index in [0.29, 0.717) is 31.5 Å². The van der Waals surface area contributed by atoms with Gasteiger partial charge in [-0.25, -0.2) is 17.8 Å². The first-order valence-corrected chi connectivity index (χ1v) is 12.5. The van der Waals surface area contributed by atoms with Crippen LogP contribution in [0.2, 0.25) is 0 Å². The second kappa shape index (κ2) is 8.12. The topological polar surface area (TPSA) is 50.3 Å². The summed E-state index contributed by atoms with van der Waals surface area (Å²) in [6.45, 7) is 7.11. The minimum Gasteiger partial charge on any atom is -0.348 e. The summed E-state index contributed by atoms with van der Waals surface area (Å²) < 4.78 is 39.8. The summed E-state index contributed by atoms with van der Waals surface area (Å²) in [6, 6.07) is 10.3. The Morgan fingerprint density at radius 3 is 2.47 bits per heavy atom. The fraction of sp³-hybridized carbons (Fsp3) is 0.348. The molecule has 2 heterocycles. The van der Waals surface area contributed by atoms with Gasteiger partial charge in [0.15, 0.2) is 15.0 Å². The van der Waals surface area contributed by atoms with Crippen molar-refractivity contribution in [2.45, 2.75) is 43.8 Å². The van der Waals surface area contributed by atoms with E-state index < -0.39 is 20.9 Å². The Morgan fingerprint density at radius 1 is 1.03 bits per heavy atom. The fourth-order valence-electron chi connectivity index (χ4n) is 3.96. The summed E-state index contributed by atoms with van der Waals surface area (Å²) >= 11 is 1.59. The third-order valence-corrected chi connectivity index (χ3v) is 9.07. The average molecular weight is 445 g/mol. The van der Waals surface area contributed by atoms with Crippen LogP contribution >= 0.6 is 11.3 Å². The van der Waals surface area contributed by atoms with Gasteiger partial charge in [-0.1, -0.05) is 23.8 Å². The van der Waals surface area contributed by atoms with Crippen molar-refractivity contribution in [2.75, 3.05) is 18.0 Å². The van der Waals surface area contributed by atoms with E-state index >= 15 is 0 Å². The van der Waals surface area contributed by atoms with Crippen LogP contribution in [0.1, 0.15) is 29.5 Å². The highest BCUT2D eigenvalue weighted by molar-refractivity contribution is 7.92. The lowest BCUT2D eigenvalue weighted by molar-refractivity contribution is 0.528. The highest BCUT2D eigenvalue weighted by Crippen LogP contribution is 2.33. The van der Waals surface area contributed by atoms with Crippen LogP contribution in [0.25, 0.3) is 11.3 Å². The zero-order valence-electron chi connectivity index (χ0n) is 17.4. The van der Waals surface area contributed by atoms with Crippen LogP contribution in [0, 0.1) is 26.6 Å². The number of nitrogens with zero attached hydrogens (tertiary/aromatic N) is 2. The number of hydrogen-bond donors (Lipinski definition) is 0. The second-order valence-corrected chi connectivity index (χ2v) is 11.0. The van der Waals surface area contributed by atoms with E-state index in [1.54, 1.807) is 18.3 Å². The highest BCUT2D eigenvalue weighted by Gasteiger charge is 2.33. The van der Waals surface area contributed by atoms with Crippen molar-refractivity contribution in [3.8, 4) is 11.3 Å². The monoisotopic (exact) mass is 444 g/mol. The maximum Gasteiger partial charge on any atom is 0.185 e. The molecule has 1 saturated heterocycles. The lowest BCUT2D eigenvalue weighted by atomic mass is 10.0. The Labute approximate surface area is 181 Å². The van der Waals surface area contributed by atoms with Gasteiger partial charge in [-0.15, -0.1) is 11.3 Å². The van der Waals surface area contributed by atoms with Crippen molar-refractivity contribution in [3.05, 3.63) is 64.3 Å². The van der Waals surface area contributed by atoms with Gasteiger partial charge in [-0.2, -0.15) is 0 Å². The number of benzene rings is 2. The Bertz CT molecular complexity index is 1180. The van der Waals surface area contributed by atoms with Crippen LogP contribution < -0.4 is 4.90 Å². The van der Waals surface area contributed by atoms with E-state index in [9.17, 15) is 12.8 Å². The van der Waals surface area contributed by atoms with Crippen molar-refractivity contribution in [3.63, 3.8) is 0 Å². The number of halogens is 1. The van der Waals surface area contributed by atoms with E-state index in [2.05, 4.69) is 42.3 Å². The maximum atomic E-state index is 13.6. The van der Waals surface area contributed by atoms with Gasteiger partial charge in [0, 0.05) is 24.0 Å². The molecule has 0 atom stereocenters. The van der Waals surface area contributed by atoms with Gasteiger partial charge in [0.2, 0.25) is 0 Å². The second-order valence-electron chi connectivity index (χ2n) is 7.97. The standard InChI is InChI=1S/C23H25FN2O2S2/c1-15-4-5-16(2)20(12-15)21-14-29-23(25-21)26-10-8-19(9-11-26)30(27,28)22-13-18(24)7-6-17(22)3/h4-7,12-14,19H,8-11H2,1-3H3. The number of thiazole rings is 1. The first-order chi connectivity index (χ1) is 14.3. The molecule has 0 spiro atoms. The average Bonchev–Trinajstić information content (AvgIpc) is 3.21.